The van der Waals surface area contributed by atoms with Gasteiger partial charge in [0.2, 0.25) is 0 Å². The second kappa shape index (κ2) is 7.93. The Hall–Kier alpha value is -1.68. The van der Waals surface area contributed by atoms with E-state index in [-0.39, 0.29) is 0 Å². The highest BCUT2D eigenvalue weighted by Crippen LogP contribution is 2.34. The Bertz CT molecular complexity index is 584. The van der Waals surface area contributed by atoms with Crippen LogP contribution in [0.5, 0.6) is 17.2 Å². The molecular weight excluding hydrogens is 332 g/mol. The van der Waals surface area contributed by atoms with E-state index in [2.05, 4.69) is 15.9 Å². The van der Waals surface area contributed by atoms with Crippen molar-refractivity contribution >= 4 is 15.9 Å². The highest BCUT2D eigenvalue weighted by atomic mass is 79.9. The molecule has 2 rings (SSSR count). The van der Waals surface area contributed by atoms with E-state index in [1.165, 1.54) is 0 Å². The van der Waals surface area contributed by atoms with E-state index in [0.29, 0.717) is 13.2 Å². The summed E-state index contributed by atoms with van der Waals surface area (Å²) in [5.41, 5.74) is 2.07. The van der Waals surface area contributed by atoms with Gasteiger partial charge in [0.05, 0.1) is 13.7 Å². The maximum atomic E-state index is 6.01. The van der Waals surface area contributed by atoms with Crippen LogP contribution in [0.4, 0.5) is 0 Å². The van der Waals surface area contributed by atoms with Crippen molar-refractivity contribution in [2.75, 3.05) is 13.7 Å². The Morgan fingerprint density at radius 2 is 1.62 bits per heavy atom. The molecular formula is C17H19BrO3. The minimum atomic E-state index is 0.439. The fourth-order valence-electron chi connectivity index (χ4n) is 2.07. The fourth-order valence-corrected chi connectivity index (χ4v) is 2.51. The smallest absolute Gasteiger partial charge is 0.165 e. The molecule has 0 saturated carbocycles. The average Bonchev–Trinajstić information content (AvgIpc) is 2.54. The van der Waals surface area contributed by atoms with E-state index in [1.54, 1.807) is 7.11 Å². The number of benzene rings is 2. The molecule has 0 unspecified atom stereocenters. The second-order valence-electron chi connectivity index (χ2n) is 4.41. The lowest BCUT2D eigenvalue weighted by molar-refractivity contribution is 0.263. The molecule has 0 aliphatic rings. The molecule has 0 fully saturated rings. The Morgan fingerprint density at radius 1 is 0.905 bits per heavy atom. The van der Waals surface area contributed by atoms with E-state index in [9.17, 15) is 0 Å². The van der Waals surface area contributed by atoms with E-state index in [1.807, 2.05) is 49.4 Å². The molecule has 0 amide bonds. The van der Waals surface area contributed by atoms with Gasteiger partial charge in [-0.2, -0.15) is 0 Å². The van der Waals surface area contributed by atoms with Crippen molar-refractivity contribution in [1.29, 1.82) is 0 Å². The third kappa shape index (κ3) is 3.91. The number of rotatable bonds is 7. The van der Waals surface area contributed by atoms with Crippen LogP contribution in [-0.2, 0) is 11.9 Å². The van der Waals surface area contributed by atoms with Crippen molar-refractivity contribution < 1.29 is 14.2 Å². The Labute approximate surface area is 134 Å². The summed E-state index contributed by atoms with van der Waals surface area (Å²) in [4.78, 5) is 0. The number of methoxy groups -OCH3 is 1. The third-order valence-corrected chi connectivity index (χ3v) is 3.67. The normalized spacial score (nSPS) is 10.2. The van der Waals surface area contributed by atoms with Crippen LogP contribution in [0, 0.1) is 0 Å². The average molecular weight is 351 g/mol. The predicted octanol–water partition coefficient (Wildman–Crippen LogP) is 4.57. The monoisotopic (exact) mass is 350 g/mol. The molecule has 0 heterocycles. The predicted molar refractivity (Wildman–Crippen MR) is 87.6 cm³/mol. The number of alkyl halides is 1. The van der Waals surface area contributed by atoms with Gasteiger partial charge in [0.15, 0.2) is 11.5 Å². The minimum absolute atomic E-state index is 0.439. The summed E-state index contributed by atoms with van der Waals surface area (Å²) in [7, 11) is 1.66. The van der Waals surface area contributed by atoms with Gasteiger partial charge in [-0.25, -0.2) is 0 Å². The highest BCUT2D eigenvalue weighted by molar-refractivity contribution is 9.08. The summed E-state index contributed by atoms with van der Waals surface area (Å²) in [6.07, 6.45) is 0. The van der Waals surface area contributed by atoms with Crippen molar-refractivity contribution in [3.05, 3.63) is 53.6 Å². The quantitative estimate of drug-likeness (QED) is 0.684. The standard InChI is InChI=1S/C17H19BrO3/c1-3-20-16-10-6-8-13(11-18)17(16)21-12-14-7-4-5-9-15(14)19-2/h4-10H,3,11-12H2,1-2H3. The fraction of sp³-hybridized carbons (Fsp3) is 0.294. The zero-order valence-corrected chi connectivity index (χ0v) is 13.9. The first-order chi connectivity index (χ1) is 10.3. The number of ether oxygens (including phenoxy) is 3. The van der Waals surface area contributed by atoms with Gasteiger partial charge in [-0.1, -0.05) is 46.3 Å². The van der Waals surface area contributed by atoms with Crippen LogP contribution in [0.15, 0.2) is 42.5 Å². The van der Waals surface area contributed by atoms with Crippen molar-refractivity contribution in [3.8, 4) is 17.2 Å². The number of halogens is 1. The minimum Gasteiger partial charge on any atom is -0.496 e. The van der Waals surface area contributed by atoms with Gasteiger partial charge in [0, 0.05) is 16.5 Å². The summed E-state index contributed by atoms with van der Waals surface area (Å²) in [6, 6.07) is 13.8. The number of hydrogen-bond donors (Lipinski definition) is 0. The Kier molecular flexibility index (Phi) is 5.93. The lowest BCUT2D eigenvalue weighted by Gasteiger charge is -2.16. The van der Waals surface area contributed by atoms with Gasteiger partial charge >= 0.3 is 0 Å². The highest BCUT2D eigenvalue weighted by Gasteiger charge is 2.11. The third-order valence-electron chi connectivity index (χ3n) is 3.07. The molecule has 3 nitrogen and oxygen atoms in total. The summed E-state index contributed by atoms with van der Waals surface area (Å²) >= 11 is 3.49. The Balaban J connectivity index is 2.22. The van der Waals surface area contributed by atoms with Gasteiger partial charge in [0.1, 0.15) is 12.4 Å². The summed E-state index contributed by atoms with van der Waals surface area (Å²) < 4.78 is 17.0. The Morgan fingerprint density at radius 3 is 2.33 bits per heavy atom. The van der Waals surface area contributed by atoms with E-state index < -0.39 is 0 Å². The molecule has 0 spiro atoms. The first-order valence-electron chi connectivity index (χ1n) is 6.85. The summed E-state index contributed by atoms with van der Waals surface area (Å²) in [5, 5.41) is 0.717. The van der Waals surface area contributed by atoms with Gasteiger partial charge in [-0.15, -0.1) is 0 Å². The van der Waals surface area contributed by atoms with Gasteiger partial charge in [0.25, 0.3) is 0 Å². The van der Waals surface area contributed by atoms with Crippen LogP contribution < -0.4 is 14.2 Å². The topological polar surface area (TPSA) is 27.7 Å². The largest absolute Gasteiger partial charge is 0.496 e. The molecule has 4 heteroatoms. The lowest BCUT2D eigenvalue weighted by atomic mass is 10.2. The van der Waals surface area contributed by atoms with Gasteiger partial charge < -0.3 is 14.2 Å². The molecule has 0 atom stereocenters. The van der Waals surface area contributed by atoms with Gasteiger partial charge in [-0.05, 0) is 19.1 Å². The number of hydrogen-bond acceptors (Lipinski definition) is 3. The maximum Gasteiger partial charge on any atom is 0.165 e. The molecule has 0 radical (unpaired) electrons. The number of para-hydroxylation sites is 2. The molecule has 0 aliphatic carbocycles. The van der Waals surface area contributed by atoms with Crippen LogP contribution in [0.2, 0.25) is 0 Å². The lowest BCUT2D eigenvalue weighted by Crippen LogP contribution is -2.03. The molecule has 0 bridgehead atoms. The molecule has 112 valence electrons. The second-order valence-corrected chi connectivity index (χ2v) is 4.97. The van der Waals surface area contributed by atoms with E-state index >= 15 is 0 Å². The summed E-state index contributed by atoms with van der Waals surface area (Å²) in [6.45, 7) is 3.01. The van der Waals surface area contributed by atoms with Crippen molar-refractivity contribution in [2.45, 2.75) is 18.9 Å². The van der Waals surface area contributed by atoms with Crippen LogP contribution in [0.3, 0.4) is 0 Å². The molecule has 0 saturated heterocycles. The molecule has 21 heavy (non-hydrogen) atoms. The van der Waals surface area contributed by atoms with Crippen LogP contribution in [-0.4, -0.2) is 13.7 Å². The van der Waals surface area contributed by atoms with Crippen molar-refractivity contribution in [3.63, 3.8) is 0 Å². The van der Waals surface area contributed by atoms with E-state index in [0.717, 1.165) is 33.7 Å². The molecule has 2 aromatic rings. The van der Waals surface area contributed by atoms with Crippen LogP contribution >= 0.6 is 15.9 Å². The first kappa shape index (κ1) is 15.7. The van der Waals surface area contributed by atoms with E-state index in [4.69, 9.17) is 14.2 Å². The molecule has 0 N–H and O–H groups in total. The molecule has 2 aromatic carbocycles. The zero-order valence-electron chi connectivity index (χ0n) is 12.3. The molecule has 0 aromatic heterocycles. The van der Waals surface area contributed by atoms with Crippen LogP contribution in [0.25, 0.3) is 0 Å². The summed E-state index contributed by atoms with van der Waals surface area (Å²) in [5.74, 6) is 2.37. The van der Waals surface area contributed by atoms with Crippen molar-refractivity contribution in [2.24, 2.45) is 0 Å². The van der Waals surface area contributed by atoms with Gasteiger partial charge in [-0.3, -0.25) is 0 Å². The first-order valence-corrected chi connectivity index (χ1v) is 7.97. The van der Waals surface area contributed by atoms with Crippen LogP contribution in [0.1, 0.15) is 18.1 Å². The maximum absolute atomic E-state index is 6.01. The SMILES string of the molecule is CCOc1cccc(CBr)c1OCc1ccccc1OC. The van der Waals surface area contributed by atoms with Crippen molar-refractivity contribution in [1.82, 2.24) is 0 Å². The molecule has 0 aliphatic heterocycles. The zero-order chi connectivity index (χ0) is 15.1.